The Morgan fingerprint density at radius 1 is 1.28 bits per heavy atom. The molecular weight excluding hydrogens is 248 g/mol. The van der Waals surface area contributed by atoms with Crippen molar-refractivity contribution in [1.82, 2.24) is 5.32 Å². The van der Waals surface area contributed by atoms with Crippen molar-refractivity contribution in [2.24, 2.45) is 0 Å². The van der Waals surface area contributed by atoms with Gasteiger partial charge in [-0.2, -0.15) is 0 Å². The molecule has 1 aromatic carbocycles. The van der Waals surface area contributed by atoms with Crippen molar-refractivity contribution in [2.45, 2.75) is 19.3 Å². The molecule has 2 rings (SSSR count). The lowest BCUT2D eigenvalue weighted by molar-refractivity contribution is 0.587. The maximum Gasteiger partial charge on any atom is 0.236 e. The molecule has 0 aliphatic carbocycles. The highest BCUT2D eigenvalue weighted by molar-refractivity contribution is 7.92. The Labute approximate surface area is 109 Å². The summed E-state index contributed by atoms with van der Waals surface area (Å²) < 4.78 is 26.3. The van der Waals surface area contributed by atoms with E-state index in [4.69, 9.17) is 0 Å². The van der Waals surface area contributed by atoms with Crippen molar-refractivity contribution < 1.29 is 8.42 Å². The number of sulfonamides is 1. The number of para-hydroxylation sites is 1. The number of nitrogens with zero attached hydrogens (tertiary/aromatic N) is 1. The van der Waals surface area contributed by atoms with Crippen molar-refractivity contribution in [1.29, 1.82) is 0 Å². The summed E-state index contributed by atoms with van der Waals surface area (Å²) in [5, 5.41) is 2.90. The fourth-order valence-electron chi connectivity index (χ4n) is 2.29. The van der Waals surface area contributed by atoms with Crippen LogP contribution >= 0.6 is 0 Å². The SMILES string of the molecule is CNCCS(=O)(=O)N1CCCCc2ccccc21. The molecule has 0 fully saturated rings. The minimum atomic E-state index is -3.21. The molecule has 1 aliphatic heterocycles. The molecule has 0 unspecified atom stereocenters. The second kappa shape index (κ2) is 5.71. The molecule has 1 aromatic rings. The van der Waals surface area contributed by atoms with Crippen molar-refractivity contribution in [3.8, 4) is 0 Å². The molecule has 4 nitrogen and oxygen atoms in total. The first-order chi connectivity index (χ1) is 8.65. The minimum absolute atomic E-state index is 0.151. The average molecular weight is 268 g/mol. The van der Waals surface area contributed by atoms with Gasteiger partial charge in [-0.25, -0.2) is 8.42 Å². The molecule has 18 heavy (non-hydrogen) atoms. The Kier molecular flexibility index (Phi) is 4.24. The van der Waals surface area contributed by atoms with Crippen LogP contribution in [0.3, 0.4) is 0 Å². The zero-order valence-corrected chi connectivity index (χ0v) is 11.5. The van der Waals surface area contributed by atoms with Crippen molar-refractivity contribution in [3.63, 3.8) is 0 Å². The van der Waals surface area contributed by atoms with Gasteiger partial charge in [0.15, 0.2) is 0 Å². The predicted molar refractivity (Wildman–Crippen MR) is 74.4 cm³/mol. The third-order valence-corrected chi connectivity index (χ3v) is 5.03. The van der Waals surface area contributed by atoms with Crippen LogP contribution < -0.4 is 9.62 Å². The van der Waals surface area contributed by atoms with Crippen LogP contribution in [0.5, 0.6) is 0 Å². The molecule has 0 amide bonds. The summed E-state index contributed by atoms with van der Waals surface area (Å²) in [5.74, 6) is 0.151. The van der Waals surface area contributed by atoms with Gasteiger partial charge < -0.3 is 5.32 Å². The monoisotopic (exact) mass is 268 g/mol. The molecule has 5 heteroatoms. The first kappa shape index (κ1) is 13.4. The summed E-state index contributed by atoms with van der Waals surface area (Å²) >= 11 is 0. The standard InChI is InChI=1S/C13H20N2O2S/c1-14-9-11-18(16,17)15-10-5-4-7-12-6-2-3-8-13(12)15/h2-3,6,8,14H,4-5,7,9-11H2,1H3. The summed E-state index contributed by atoms with van der Waals surface area (Å²) in [7, 11) is -1.44. The van der Waals surface area contributed by atoms with E-state index in [-0.39, 0.29) is 5.75 Å². The third kappa shape index (κ3) is 2.84. The van der Waals surface area contributed by atoms with E-state index in [0.717, 1.165) is 30.5 Å². The number of aryl methyl sites for hydroxylation is 1. The number of fused-ring (bicyclic) bond motifs is 1. The molecule has 0 bridgehead atoms. The Hall–Kier alpha value is -1.07. The van der Waals surface area contributed by atoms with Gasteiger partial charge in [-0.05, 0) is 37.9 Å². The number of hydrogen-bond acceptors (Lipinski definition) is 3. The van der Waals surface area contributed by atoms with Crippen LogP contribution in [-0.2, 0) is 16.4 Å². The van der Waals surface area contributed by atoms with Crippen LogP contribution in [0.15, 0.2) is 24.3 Å². The fraction of sp³-hybridized carbons (Fsp3) is 0.538. The largest absolute Gasteiger partial charge is 0.319 e. The van der Waals surface area contributed by atoms with E-state index in [0.29, 0.717) is 13.1 Å². The molecule has 1 heterocycles. The Bertz CT molecular complexity index is 499. The van der Waals surface area contributed by atoms with Gasteiger partial charge in [-0.3, -0.25) is 4.31 Å². The maximum atomic E-state index is 12.3. The van der Waals surface area contributed by atoms with E-state index in [9.17, 15) is 8.42 Å². The topological polar surface area (TPSA) is 49.4 Å². The lowest BCUT2D eigenvalue weighted by Crippen LogP contribution is -2.36. The molecule has 1 N–H and O–H groups in total. The second-order valence-corrected chi connectivity index (χ2v) is 6.59. The second-order valence-electron chi connectivity index (χ2n) is 4.58. The van der Waals surface area contributed by atoms with Gasteiger partial charge in [0, 0.05) is 13.1 Å². The van der Waals surface area contributed by atoms with E-state index >= 15 is 0 Å². The van der Waals surface area contributed by atoms with Crippen LogP contribution in [-0.4, -0.2) is 34.3 Å². The van der Waals surface area contributed by atoms with Crippen LogP contribution in [0.25, 0.3) is 0 Å². The van der Waals surface area contributed by atoms with Gasteiger partial charge in [-0.15, -0.1) is 0 Å². The first-order valence-corrected chi connectivity index (χ1v) is 7.99. The zero-order valence-electron chi connectivity index (χ0n) is 10.7. The normalized spacial score (nSPS) is 16.2. The van der Waals surface area contributed by atoms with E-state index in [1.807, 2.05) is 24.3 Å². The number of benzene rings is 1. The van der Waals surface area contributed by atoms with Gasteiger partial charge in [-0.1, -0.05) is 18.2 Å². The first-order valence-electron chi connectivity index (χ1n) is 6.38. The van der Waals surface area contributed by atoms with E-state index < -0.39 is 10.0 Å². The molecule has 0 radical (unpaired) electrons. The molecule has 0 saturated carbocycles. The van der Waals surface area contributed by atoms with Crippen LogP contribution in [0.4, 0.5) is 5.69 Å². The molecule has 0 aromatic heterocycles. The Morgan fingerprint density at radius 3 is 2.83 bits per heavy atom. The molecule has 0 saturated heterocycles. The van der Waals surface area contributed by atoms with Gasteiger partial charge in [0.2, 0.25) is 10.0 Å². The summed E-state index contributed by atoms with van der Waals surface area (Å²) in [6.07, 6.45) is 2.94. The lowest BCUT2D eigenvalue weighted by Gasteiger charge is -2.24. The van der Waals surface area contributed by atoms with Gasteiger partial charge in [0.1, 0.15) is 0 Å². The summed E-state index contributed by atoms with van der Waals surface area (Å²) in [6, 6.07) is 7.83. The fourth-order valence-corrected chi connectivity index (χ4v) is 3.85. The highest BCUT2D eigenvalue weighted by Crippen LogP contribution is 2.28. The van der Waals surface area contributed by atoms with Gasteiger partial charge in [0.05, 0.1) is 11.4 Å². The Morgan fingerprint density at radius 2 is 2.06 bits per heavy atom. The third-order valence-electron chi connectivity index (χ3n) is 3.26. The predicted octanol–water partition coefficient (Wildman–Crippen LogP) is 1.38. The molecule has 1 aliphatic rings. The maximum absolute atomic E-state index is 12.3. The number of nitrogens with one attached hydrogen (secondary N) is 1. The smallest absolute Gasteiger partial charge is 0.236 e. The average Bonchev–Trinajstić information content (AvgIpc) is 2.59. The summed E-state index contributed by atoms with van der Waals surface area (Å²) in [4.78, 5) is 0. The summed E-state index contributed by atoms with van der Waals surface area (Å²) in [6.45, 7) is 1.09. The highest BCUT2D eigenvalue weighted by Gasteiger charge is 2.25. The van der Waals surface area contributed by atoms with Crippen LogP contribution in [0.1, 0.15) is 18.4 Å². The van der Waals surface area contributed by atoms with Gasteiger partial charge in [0.25, 0.3) is 0 Å². The number of hydrogen-bond donors (Lipinski definition) is 1. The number of anilines is 1. The van der Waals surface area contributed by atoms with Crippen molar-refractivity contribution in [3.05, 3.63) is 29.8 Å². The quantitative estimate of drug-likeness (QED) is 0.897. The van der Waals surface area contributed by atoms with E-state index in [1.54, 1.807) is 11.4 Å². The molecular formula is C13H20N2O2S. The molecule has 0 spiro atoms. The van der Waals surface area contributed by atoms with Crippen molar-refractivity contribution in [2.75, 3.05) is 30.2 Å². The minimum Gasteiger partial charge on any atom is -0.319 e. The highest BCUT2D eigenvalue weighted by atomic mass is 32.2. The zero-order chi connectivity index (χ0) is 13.0. The molecule has 0 atom stereocenters. The lowest BCUT2D eigenvalue weighted by atomic mass is 10.1. The summed E-state index contributed by atoms with van der Waals surface area (Å²) in [5.41, 5.74) is 2.01. The Balaban J connectivity index is 2.33. The van der Waals surface area contributed by atoms with E-state index in [1.165, 1.54) is 0 Å². The van der Waals surface area contributed by atoms with Crippen LogP contribution in [0.2, 0.25) is 0 Å². The van der Waals surface area contributed by atoms with E-state index in [2.05, 4.69) is 5.32 Å². The van der Waals surface area contributed by atoms with Crippen LogP contribution in [0, 0.1) is 0 Å². The molecule has 100 valence electrons. The van der Waals surface area contributed by atoms with Gasteiger partial charge >= 0.3 is 0 Å². The number of rotatable bonds is 4. The van der Waals surface area contributed by atoms with Crippen molar-refractivity contribution >= 4 is 15.7 Å².